The predicted octanol–water partition coefficient (Wildman–Crippen LogP) is 2.02. The molecule has 0 fully saturated rings. The van der Waals surface area contributed by atoms with Crippen molar-refractivity contribution in [2.24, 2.45) is 0 Å². The summed E-state index contributed by atoms with van der Waals surface area (Å²) in [4.78, 5) is 0. The summed E-state index contributed by atoms with van der Waals surface area (Å²) in [5.41, 5.74) is 7.73. The Labute approximate surface area is 78.1 Å². The number of benzene rings is 1. The number of hydrogen-bond donors (Lipinski definition) is 1. The van der Waals surface area contributed by atoms with Crippen LogP contribution in [-0.2, 0) is 6.42 Å². The molecule has 1 aliphatic rings. The van der Waals surface area contributed by atoms with Gasteiger partial charge in [0.2, 0.25) is 0 Å². The number of fused-ring (bicyclic) bond motifs is 1. The summed E-state index contributed by atoms with van der Waals surface area (Å²) in [5, 5.41) is 0. The Balaban J connectivity index is 0.000000720. The van der Waals surface area contributed by atoms with E-state index in [4.69, 9.17) is 10.5 Å². The minimum Gasteiger partial charge on any atom is -0.491 e. The Morgan fingerprint density at radius 2 is 2.17 bits per heavy atom. The average Bonchev–Trinajstić information content (AvgIpc) is 2.06. The first kappa shape index (κ1) is 9.20. The molecule has 2 nitrogen and oxygen atoms in total. The maximum atomic E-state index is 5.72. The first-order valence-corrected chi connectivity index (χ1v) is 3.88. The van der Waals surface area contributed by atoms with Gasteiger partial charge >= 0.3 is 0 Å². The normalized spacial score (nSPS) is 14.0. The van der Waals surface area contributed by atoms with Gasteiger partial charge < -0.3 is 10.5 Å². The molecule has 2 N–H and O–H groups in total. The molecule has 3 heteroatoms. The molecule has 0 unspecified atom stereocenters. The van der Waals surface area contributed by atoms with Crippen molar-refractivity contribution in [3.8, 4) is 5.75 Å². The van der Waals surface area contributed by atoms with Gasteiger partial charge in [-0.05, 0) is 24.5 Å². The summed E-state index contributed by atoms with van der Waals surface area (Å²) in [6, 6.07) is 5.93. The number of halogens is 1. The molecule has 66 valence electrons. The van der Waals surface area contributed by atoms with Crippen LogP contribution >= 0.6 is 12.4 Å². The Morgan fingerprint density at radius 1 is 1.33 bits per heavy atom. The third-order valence-electron chi connectivity index (χ3n) is 1.96. The van der Waals surface area contributed by atoms with Gasteiger partial charge in [0.1, 0.15) is 5.75 Å². The highest BCUT2D eigenvalue weighted by molar-refractivity contribution is 5.85. The van der Waals surface area contributed by atoms with Gasteiger partial charge in [-0.2, -0.15) is 0 Å². The van der Waals surface area contributed by atoms with Crippen molar-refractivity contribution in [2.75, 3.05) is 12.3 Å². The van der Waals surface area contributed by atoms with Gasteiger partial charge in [-0.25, -0.2) is 0 Å². The van der Waals surface area contributed by atoms with Crippen LogP contribution in [0.4, 0.5) is 5.69 Å². The Bertz CT molecular complexity index is 275. The number of ether oxygens (including phenoxy) is 1. The zero-order chi connectivity index (χ0) is 7.68. The SMILES string of the molecule is Cl.Nc1cccc2c1OCCC2. The first-order chi connectivity index (χ1) is 5.38. The molecule has 0 spiro atoms. The lowest BCUT2D eigenvalue weighted by Crippen LogP contribution is -2.09. The van der Waals surface area contributed by atoms with Crippen molar-refractivity contribution >= 4 is 18.1 Å². The smallest absolute Gasteiger partial charge is 0.145 e. The fourth-order valence-electron chi connectivity index (χ4n) is 1.41. The van der Waals surface area contributed by atoms with Crippen LogP contribution in [0.25, 0.3) is 0 Å². The van der Waals surface area contributed by atoms with Gasteiger partial charge in [0.05, 0.1) is 12.3 Å². The molecular formula is C9H12ClNO. The van der Waals surface area contributed by atoms with Crippen LogP contribution in [-0.4, -0.2) is 6.61 Å². The lowest BCUT2D eigenvalue weighted by Gasteiger charge is -2.18. The first-order valence-electron chi connectivity index (χ1n) is 3.88. The molecule has 0 radical (unpaired) electrons. The van der Waals surface area contributed by atoms with E-state index in [9.17, 15) is 0 Å². The second-order valence-corrected chi connectivity index (χ2v) is 2.79. The average molecular weight is 186 g/mol. The highest BCUT2D eigenvalue weighted by Crippen LogP contribution is 2.30. The summed E-state index contributed by atoms with van der Waals surface area (Å²) >= 11 is 0. The molecule has 0 aliphatic carbocycles. The van der Waals surface area contributed by atoms with Gasteiger partial charge in [0.15, 0.2) is 0 Å². The summed E-state index contributed by atoms with van der Waals surface area (Å²) < 4.78 is 5.43. The van der Waals surface area contributed by atoms with E-state index in [2.05, 4.69) is 6.07 Å². The summed E-state index contributed by atoms with van der Waals surface area (Å²) in [6.07, 6.45) is 2.21. The van der Waals surface area contributed by atoms with E-state index in [1.54, 1.807) is 0 Å². The van der Waals surface area contributed by atoms with Crippen molar-refractivity contribution < 1.29 is 4.74 Å². The lowest BCUT2D eigenvalue weighted by atomic mass is 10.1. The predicted molar refractivity (Wildman–Crippen MR) is 51.9 cm³/mol. The number of rotatable bonds is 0. The minimum absolute atomic E-state index is 0. The van der Waals surface area contributed by atoms with Gasteiger partial charge in [-0.1, -0.05) is 12.1 Å². The number of nitrogens with two attached hydrogens (primary N) is 1. The van der Waals surface area contributed by atoms with Gasteiger partial charge in [0, 0.05) is 0 Å². The van der Waals surface area contributed by atoms with Crippen molar-refractivity contribution in [2.45, 2.75) is 12.8 Å². The Kier molecular flexibility index (Phi) is 2.82. The van der Waals surface area contributed by atoms with Crippen molar-refractivity contribution in [1.29, 1.82) is 0 Å². The molecule has 1 aromatic rings. The Morgan fingerprint density at radius 3 is 2.92 bits per heavy atom. The summed E-state index contributed by atoms with van der Waals surface area (Å²) in [7, 11) is 0. The quantitative estimate of drug-likeness (QED) is 0.628. The molecule has 0 saturated carbocycles. The minimum atomic E-state index is 0. The molecule has 0 amide bonds. The molecule has 0 aromatic heterocycles. The third kappa shape index (κ3) is 1.48. The fraction of sp³-hybridized carbons (Fsp3) is 0.333. The largest absolute Gasteiger partial charge is 0.491 e. The molecule has 1 aliphatic heterocycles. The molecule has 2 rings (SSSR count). The zero-order valence-corrected chi connectivity index (χ0v) is 7.56. The van der Waals surface area contributed by atoms with Gasteiger partial charge in [0.25, 0.3) is 0 Å². The number of hydrogen-bond acceptors (Lipinski definition) is 2. The molecule has 0 atom stereocenters. The Hall–Kier alpha value is -0.890. The maximum absolute atomic E-state index is 5.72. The second-order valence-electron chi connectivity index (χ2n) is 2.79. The number of aryl methyl sites for hydroxylation is 1. The summed E-state index contributed by atoms with van der Waals surface area (Å²) in [5.74, 6) is 0.902. The van der Waals surface area contributed by atoms with Crippen molar-refractivity contribution in [3.63, 3.8) is 0 Å². The van der Waals surface area contributed by atoms with E-state index in [-0.39, 0.29) is 12.4 Å². The lowest BCUT2D eigenvalue weighted by molar-refractivity contribution is 0.290. The van der Waals surface area contributed by atoms with E-state index in [0.29, 0.717) is 0 Å². The van der Waals surface area contributed by atoms with Crippen LogP contribution in [0.5, 0.6) is 5.75 Å². The number of para-hydroxylation sites is 1. The standard InChI is InChI=1S/C9H11NO.ClH/c10-8-5-1-3-7-4-2-6-11-9(7)8;/h1,3,5H,2,4,6,10H2;1H. The third-order valence-corrected chi connectivity index (χ3v) is 1.96. The number of anilines is 1. The van der Waals surface area contributed by atoms with Crippen LogP contribution < -0.4 is 10.5 Å². The topological polar surface area (TPSA) is 35.2 Å². The van der Waals surface area contributed by atoms with Gasteiger partial charge in [-0.15, -0.1) is 12.4 Å². The number of nitrogen functional groups attached to an aromatic ring is 1. The highest BCUT2D eigenvalue weighted by atomic mass is 35.5. The fourth-order valence-corrected chi connectivity index (χ4v) is 1.41. The van der Waals surface area contributed by atoms with Crippen molar-refractivity contribution in [1.82, 2.24) is 0 Å². The van der Waals surface area contributed by atoms with Crippen LogP contribution in [0.1, 0.15) is 12.0 Å². The van der Waals surface area contributed by atoms with E-state index >= 15 is 0 Å². The van der Waals surface area contributed by atoms with Gasteiger partial charge in [-0.3, -0.25) is 0 Å². The molecule has 0 saturated heterocycles. The van der Waals surface area contributed by atoms with E-state index in [0.717, 1.165) is 30.9 Å². The monoisotopic (exact) mass is 185 g/mol. The van der Waals surface area contributed by atoms with E-state index in [1.165, 1.54) is 5.56 Å². The van der Waals surface area contributed by atoms with Crippen LogP contribution in [0.3, 0.4) is 0 Å². The maximum Gasteiger partial charge on any atom is 0.145 e. The van der Waals surface area contributed by atoms with Crippen LogP contribution in [0.2, 0.25) is 0 Å². The molecule has 12 heavy (non-hydrogen) atoms. The highest BCUT2D eigenvalue weighted by Gasteiger charge is 2.11. The molecular weight excluding hydrogens is 174 g/mol. The van der Waals surface area contributed by atoms with E-state index < -0.39 is 0 Å². The second kappa shape index (κ2) is 3.68. The van der Waals surface area contributed by atoms with E-state index in [1.807, 2.05) is 12.1 Å². The molecule has 0 bridgehead atoms. The van der Waals surface area contributed by atoms with Crippen LogP contribution in [0.15, 0.2) is 18.2 Å². The van der Waals surface area contributed by atoms with Crippen molar-refractivity contribution in [3.05, 3.63) is 23.8 Å². The summed E-state index contributed by atoms with van der Waals surface area (Å²) in [6.45, 7) is 0.807. The molecule has 1 aromatic carbocycles. The van der Waals surface area contributed by atoms with Crippen LogP contribution in [0, 0.1) is 0 Å². The molecule has 1 heterocycles. The zero-order valence-electron chi connectivity index (χ0n) is 6.75.